The van der Waals surface area contributed by atoms with Gasteiger partial charge in [0, 0.05) is 43.9 Å². The van der Waals surface area contributed by atoms with E-state index in [1.165, 1.54) is 0 Å². The minimum Gasteiger partial charge on any atom is -0.497 e. The van der Waals surface area contributed by atoms with E-state index in [0.717, 1.165) is 39.0 Å². The van der Waals surface area contributed by atoms with Crippen LogP contribution in [0.25, 0.3) is 0 Å². The lowest BCUT2D eigenvalue weighted by Crippen LogP contribution is -2.50. The summed E-state index contributed by atoms with van der Waals surface area (Å²) >= 11 is 0. The maximum absolute atomic E-state index is 13.1. The van der Waals surface area contributed by atoms with E-state index >= 15 is 0 Å². The Morgan fingerprint density at radius 1 is 1.12 bits per heavy atom. The Bertz CT molecular complexity index is 604. The summed E-state index contributed by atoms with van der Waals surface area (Å²) in [7, 11) is 3.20. The molecule has 0 aliphatic carbocycles. The first-order valence-corrected chi connectivity index (χ1v) is 9.42. The SMILES string of the molecule is COc1cc(OC)cc(C(=O)N2CCC[C@@H]2CN2C[C@@H](C)O[C@@H](C)C2)c1. The largest absolute Gasteiger partial charge is 0.497 e. The van der Waals surface area contributed by atoms with Gasteiger partial charge in [-0.05, 0) is 38.8 Å². The third kappa shape index (κ3) is 4.30. The highest BCUT2D eigenvalue weighted by Crippen LogP contribution is 2.27. The summed E-state index contributed by atoms with van der Waals surface area (Å²) in [6.07, 6.45) is 2.58. The molecule has 2 aliphatic rings. The van der Waals surface area contributed by atoms with Crippen molar-refractivity contribution in [1.29, 1.82) is 0 Å². The minimum atomic E-state index is 0.0547. The number of methoxy groups -OCH3 is 2. The lowest BCUT2D eigenvalue weighted by molar-refractivity contribution is -0.0715. The summed E-state index contributed by atoms with van der Waals surface area (Å²) in [5, 5.41) is 0. The second kappa shape index (κ2) is 8.27. The van der Waals surface area contributed by atoms with Crippen LogP contribution >= 0.6 is 0 Å². The predicted octanol–water partition coefficient (Wildman–Crippen LogP) is 2.42. The molecular weight excluding hydrogens is 332 g/mol. The van der Waals surface area contributed by atoms with Crippen LogP contribution in [0.4, 0.5) is 0 Å². The van der Waals surface area contributed by atoms with Crippen LogP contribution in [0.15, 0.2) is 18.2 Å². The van der Waals surface area contributed by atoms with Crippen LogP contribution in [0.2, 0.25) is 0 Å². The van der Waals surface area contributed by atoms with Crippen molar-refractivity contribution in [2.24, 2.45) is 0 Å². The van der Waals surface area contributed by atoms with E-state index in [-0.39, 0.29) is 24.2 Å². The number of benzene rings is 1. The molecule has 3 rings (SSSR count). The van der Waals surface area contributed by atoms with Gasteiger partial charge in [-0.1, -0.05) is 0 Å². The minimum absolute atomic E-state index is 0.0547. The van der Waals surface area contributed by atoms with Gasteiger partial charge in [-0.15, -0.1) is 0 Å². The Balaban J connectivity index is 1.72. The van der Waals surface area contributed by atoms with Gasteiger partial charge in [0.25, 0.3) is 5.91 Å². The van der Waals surface area contributed by atoms with Crippen LogP contribution in [0, 0.1) is 0 Å². The zero-order valence-electron chi connectivity index (χ0n) is 16.2. The molecule has 0 aromatic heterocycles. The maximum Gasteiger partial charge on any atom is 0.254 e. The van der Waals surface area contributed by atoms with Crippen LogP contribution < -0.4 is 9.47 Å². The molecule has 2 saturated heterocycles. The Kier molecular flexibility index (Phi) is 6.04. The van der Waals surface area contributed by atoms with Gasteiger partial charge >= 0.3 is 0 Å². The zero-order chi connectivity index (χ0) is 18.7. The second-order valence-electron chi connectivity index (χ2n) is 7.37. The monoisotopic (exact) mass is 362 g/mol. The Labute approximate surface area is 156 Å². The molecule has 144 valence electrons. The van der Waals surface area contributed by atoms with Crippen molar-refractivity contribution in [2.75, 3.05) is 40.4 Å². The van der Waals surface area contributed by atoms with E-state index in [0.29, 0.717) is 17.1 Å². The molecule has 1 amide bonds. The van der Waals surface area contributed by atoms with Crippen LogP contribution in [-0.4, -0.2) is 74.4 Å². The number of morpholine rings is 1. The maximum atomic E-state index is 13.1. The first-order valence-electron chi connectivity index (χ1n) is 9.42. The molecule has 2 fully saturated rings. The predicted molar refractivity (Wildman–Crippen MR) is 100 cm³/mol. The van der Waals surface area contributed by atoms with E-state index in [1.54, 1.807) is 32.4 Å². The molecule has 0 saturated carbocycles. The number of rotatable bonds is 5. The van der Waals surface area contributed by atoms with E-state index in [4.69, 9.17) is 14.2 Å². The summed E-state index contributed by atoms with van der Waals surface area (Å²) in [6.45, 7) is 7.79. The van der Waals surface area contributed by atoms with Gasteiger partial charge in [-0.3, -0.25) is 9.69 Å². The molecule has 2 heterocycles. The highest BCUT2D eigenvalue weighted by molar-refractivity contribution is 5.95. The molecule has 6 nitrogen and oxygen atoms in total. The normalized spacial score (nSPS) is 26.8. The van der Waals surface area contributed by atoms with Crippen molar-refractivity contribution in [1.82, 2.24) is 9.80 Å². The fourth-order valence-corrected chi connectivity index (χ4v) is 4.12. The van der Waals surface area contributed by atoms with Crippen molar-refractivity contribution in [3.05, 3.63) is 23.8 Å². The number of likely N-dealkylation sites (tertiary alicyclic amines) is 1. The first-order chi connectivity index (χ1) is 12.5. The number of carbonyl (C=O) groups excluding carboxylic acids is 1. The number of nitrogens with zero attached hydrogens (tertiary/aromatic N) is 2. The second-order valence-corrected chi connectivity index (χ2v) is 7.37. The zero-order valence-corrected chi connectivity index (χ0v) is 16.2. The van der Waals surface area contributed by atoms with Gasteiger partial charge in [0.05, 0.1) is 26.4 Å². The number of hydrogen-bond donors (Lipinski definition) is 0. The van der Waals surface area contributed by atoms with Crippen molar-refractivity contribution < 1.29 is 19.0 Å². The van der Waals surface area contributed by atoms with Crippen molar-refractivity contribution in [3.63, 3.8) is 0 Å². The van der Waals surface area contributed by atoms with Gasteiger partial charge < -0.3 is 19.1 Å². The molecule has 3 atom stereocenters. The highest BCUT2D eigenvalue weighted by atomic mass is 16.5. The lowest BCUT2D eigenvalue weighted by atomic mass is 10.1. The first kappa shape index (κ1) is 19.0. The Hall–Kier alpha value is -1.79. The summed E-state index contributed by atoms with van der Waals surface area (Å²) in [5.74, 6) is 1.33. The molecule has 6 heteroatoms. The number of ether oxygens (including phenoxy) is 3. The third-order valence-corrected chi connectivity index (χ3v) is 5.20. The fraction of sp³-hybridized carbons (Fsp3) is 0.650. The van der Waals surface area contributed by atoms with Crippen molar-refractivity contribution in [2.45, 2.75) is 44.9 Å². The van der Waals surface area contributed by atoms with Gasteiger partial charge in [0.2, 0.25) is 0 Å². The smallest absolute Gasteiger partial charge is 0.254 e. The Morgan fingerprint density at radius 3 is 2.31 bits per heavy atom. The molecule has 2 aliphatic heterocycles. The van der Waals surface area contributed by atoms with Gasteiger partial charge in [-0.2, -0.15) is 0 Å². The lowest BCUT2D eigenvalue weighted by Gasteiger charge is -2.38. The Morgan fingerprint density at radius 2 is 1.73 bits per heavy atom. The number of carbonyl (C=O) groups is 1. The molecule has 0 unspecified atom stereocenters. The summed E-state index contributed by atoms with van der Waals surface area (Å²) in [6, 6.07) is 5.62. The molecular formula is C20H30N2O4. The van der Waals surface area contributed by atoms with Crippen LogP contribution in [-0.2, 0) is 4.74 Å². The van der Waals surface area contributed by atoms with E-state index < -0.39 is 0 Å². The number of amides is 1. The van der Waals surface area contributed by atoms with Crippen molar-refractivity contribution in [3.8, 4) is 11.5 Å². The van der Waals surface area contributed by atoms with Crippen LogP contribution in [0.5, 0.6) is 11.5 Å². The number of hydrogen-bond acceptors (Lipinski definition) is 5. The average Bonchev–Trinajstić information content (AvgIpc) is 3.07. The summed E-state index contributed by atoms with van der Waals surface area (Å²) in [5.41, 5.74) is 0.622. The molecule has 0 bridgehead atoms. The third-order valence-electron chi connectivity index (χ3n) is 5.20. The summed E-state index contributed by atoms with van der Waals surface area (Å²) in [4.78, 5) is 17.6. The summed E-state index contributed by atoms with van der Waals surface area (Å²) < 4.78 is 16.4. The van der Waals surface area contributed by atoms with Crippen LogP contribution in [0.3, 0.4) is 0 Å². The van der Waals surface area contributed by atoms with Gasteiger partial charge in [0.15, 0.2) is 0 Å². The molecule has 1 aromatic carbocycles. The average molecular weight is 362 g/mol. The van der Waals surface area contributed by atoms with Gasteiger partial charge in [-0.25, -0.2) is 0 Å². The molecule has 26 heavy (non-hydrogen) atoms. The standard InChI is InChI=1S/C20H30N2O4/c1-14-11-21(12-15(2)26-14)13-17-6-5-7-22(17)20(23)16-8-18(24-3)10-19(9-16)25-4/h8-10,14-15,17H,5-7,11-13H2,1-4H3/t14-,15+,17-/m1/s1. The fourth-order valence-electron chi connectivity index (χ4n) is 4.12. The molecule has 0 spiro atoms. The van der Waals surface area contributed by atoms with E-state index in [9.17, 15) is 4.79 Å². The molecule has 0 N–H and O–H groups in total. The molecule has 0 radical (unpaired) electrons. The van der Waals surface area contributed by atoms with E-state index in [1.807, 2.05) is 4.90 Å². The van der Waals surface area contributed by atoms with Crippen molar-refractivity contribution >= 4 is 5.91 Å². The van der Waals surface area contributed by atoms with E-state index in [2.05, 4.69) is 18.7 Å². The highest BCUT2D eigenvalue weighted by Gasteiger charge is 2.33. The molecule has 1 aromatic rings. The quantitative estimate of drug-likeness (QED) is 0.805. The van der Waals surface area contributed by atoms with Gasteiger partial charge in [0.1, 0.15) is 11.5 Å². The van der Waals surface area contributed by atoms with Crippen LogP contribution in [0.1, 0.15) is 37.0 Å². The topological polar surface area (TPSA) is 51.2 Å².